The predicted octanol–water partition coefficient (Wildman–Crippen LogP) is 8.07. The van der Waals surface area contributed by atoms with Crippen molar-refractivity contribution in [2.45, 2.75) is 0 Å². The van der Waals surface area contributed by atoms with Gasteiger partial charge >= 0.3 is 0 Å². The molecule has 0 spiro atoms. The highest BCUT2D eigenvalue weighted by Gasteiger charge is 2.34. The smallest absolute Gasteiger partial charge is 0.200 e. The highest BCUT2D eigenvalue weighted by atomic mass is 32.1. The molecule has 2 heterocycles. The Morgan fingerprint density at radius 1 is 0.683 bits per heavy atom. The molecule has 4 nitrogen and oxygen atoms in total. The molecule has 10 heteroatoms. The van der Waals surface area contributed by atoms with E-state index >= 15 is 0 Å². The predicted molar refractivity (Wildman–Crippen MR) is 145 cm³/mol. The maximum atomic E-state index is 14.6. The third-order valence-electron chi connectivity index (χ3n) is 6.99. The van der Waals surface area contributed by atoms with Gasteiger partial charge in [0.1, 0.15) is 10.7 Å². The third kappa shape index (κ3) is 3.67. The average Bonchev–Trinajstić information content (AvgIpc) is 3.60. The van der Waals surface area contributed by atoms with E-state index in [1.807, 2.05) is 24.3 Å². The van der Waals surface area contributed by atoms with Crippen molar-refractivity contribution in [3.05, 3.63) is 124 Å². The van der Waals surface area contributed by atoms with E-state index < -0.39 is 46.2 Å². The van der Waals surface area contributed by atoms with Gasteiger partial charge in [-0.15, -0.1) is 11.3 Å². The molecule has 2 aromatic heterocycles. The number of imidazole rings is 1. The molecular weight excluding hydrogens is 559 g/mol. The van der Waals surface area contributed by atoms with Crippen molar-refractivity contribution >= 4 is 50.1 Å². The zero-order valence-electron chi connectivity index (χ0n) is 20.5. The number of allylic oxidation sites excluding steroid dienone is 1. The van der Waals surface area contributed by atoms with Gasteiger partial charge in [0.25, 0.3) is 0 Å². The fourth-order valence-electron chi connectivity index (χ4n) is 5.05. The number of ketones is 2. The third-order valence-corrected chi connectivity index (χ3v) is 8.02. The van der Waals surface area contributed by atoms with Crippen LogP contribution in [0, 0.1) is 29.1 Å². The summed E-state index contributed by atoms with van der Waals surface area (Å²) in [5.74, 6) is -11.0. The summed E-state index contributed by atoms with van der Waals surface area (Å²) < 4.78 is 72.2. The molecule has 0 aliphatic heterocycles. The number of fused-ring (bicyclic) bond motifs is 3. The average molecular weight is 573 g/mol. The Kier molecular flexibility index (Phi) is 5.52. The number of hydrogen-bond acceptors (Lipinski definition) is 4. The van der Waals surface area contributed by atoms with Crippen LogP contribution in [-0.2, 0) is 0 Å². The molecule has 0 radical (unpaired) electrons. The first-order chi connectivity index (χ1) is 19.7. The second-order valence-electron chi connectivity index (χ2n) is 9.35. The van der Waals surface area contributed by atoms with Crippen LogP contribution in [0.3, 0.4) is 0 Å². The lowest BCUT2D eigenvalue weighted by Gasteiger charge is -2.08. The Morgan fingerprint density at radius 3 is 1.80 bits per heavy atom. The number of carbonyl (C=O) groups is 2. The van der Waals surface area contributed by atoms with Crippen LogP contribution < -0.4 is 0 Å². The van der Waals surface area contributed by atoms with Crippen LogP contribution in [0.2, 0.25) is 0 Å². The van der Waals surface area contributed by atoms with E-state index in [2.05, 4.69) is 4.98 Å². The van der Waals surface area contributed by atoms with Gasteiger partial charge in [-0.3, -0.25) is 14.2 Å². The lowest BCUT2D eigenvalue weighted by atomic mass is 10.0. The number of rotatable bonds is 3. The molecule has 0 saturated heterocycles. The van der Waals surface area contributed by atoms with Gasteiger partial charge in [-0.1, -0.05) is 42.5 Å². The first kappa shape index (κ1) is 25.0. The van der Waals surface area contributed by atoms with Crippen LogP contribution in [-0.4, -0.2) is 21.1 Å². The van der Waals surface area contributed by atoms with Gasteiger partial charge in [0.05, 0.1) is 16.7 Å². The molecule has 0 saturated carbocycles. The van der Waals surface area contributed by atoms with Crippen LogP contribution in [0.1, 0.15) is 26.5 Å². The second-order valence-corrected chi connectivity index (χ2v) is 10.4. The van der Waals surface area contributed by atoms with E-state index in [4.69, 9.17) is 0 Å². The maximum Gasteiger partial charge on any atom is 0.200 e. The molecular formula is C31H13F5N2O2S. The molecule has 0 fully saturated rings. The molecule has 4 aromatic carbocycles. The molecule has 0 atom stereocenters. The summed E-state index contributed by atoms with van der Waals surface area (Å²) >= 11 is 0.713. The van der Waals surface area contributed by atoms with E-state index in [0.29, 0.717) is 17.0 Å². The van der Waals surface area contributed by atoms with Crippen molar-refractivity contribution < 1.29 is 31.5 Å². The van der Waals surface area contributed by atoms with Gasteiger partial charge in [-0.25, -0.2) is 26.9 Å². The summed E-state index contributed by atoms with van der Waals surface area (Å²) in [6.45, 7) is 0. The van der Waals surface area contributed by atoms with E-state index in [1.54, 1.807) is 47.0 Å². The Balaban J connectivity index is 1.42. The minimum absolute atomic E-state index is 0.106. The number of hydrogen-bond donors (Lipinski definition) is 0. The van der Waals surface area contributed by atoms with Gasteiger partial charge in [-0.2, -0.15) is 0 Å². The van der Waals surface area contributed by atoms with Crippen molar-refractivity contribution in [3.63, 3.8) is 0 Å². The molecule has 0 N–H and O–H groups in total. The summed E-state index contributed by atoms with van der Waals surface area (Å²) in [6, 6.07) is 20.6. The van der Waals surface area contributed by atoms with Crippen LogP contribution in [0.4, 0.5) is 22.0 Å². The largest absolute Gasteiger partial charge is 0.292 e. The Labute approximate surface area is 231 Å². The van der Waals surface area contributed by atoms with Crippen molar-refractivity contribution in [1.29, 1.82) is 0 Å². The van der Waals surface area contributed by atoms with Crippen LogP contribution in [0.5, 0.6) is 0 Å². The molecule has 1 aliphatic carbocycles. The van der Waals surface area contributed by atoms with Crippen molar-refractivity contribution in [3.8, 4) is 16.1 Å². The van der Waals surface area contributed by atoms with Crippen LogP contribution in [0.15, 0.2) is 78.4 Å². The fourth-order valence-corrected chi connectivity index (χ4v) is 6.10. The maximum absolute atomic E-state index is 14.6. The first-order valence-corrected chi connectivity index (χ1v) is 13.0. The number of Topliss-reactive ketones (excluding diaryl/α,β-unsaturated/α-hetero) is 2. The number of halogens is 5. The number of para-hydroxylation sites is 1. The first-order valence-electron chi connectivity index (χ1n) is 12.2. The number of benzene rings is 4. The van der Waals surface area contributed by atoms with E-state index in [1.165, 1.54) is 12.1 Å². The van der Waals surface area contributed by atoms with E-state index in [-0.39, 0.29) is 37.7 Å². The summed E-state index contributed by atoms with van der Waals surface area (Å²) in [5.41, 5.74) is 0.192. The van der Waals surface area contributed by atoms with Crippen molar-refractivity contribution in [2.75, 3.05) is 0 Å². The minimum atomic E-state index is -2.24. The Morgan fingerprint density at radius 2 is 1.22 bits per heavy atom. The standard InChI is InChI=1S/C31H13F5N2O2S/c32-24-23(25(33)27(35)28(36)26(24)34)21-13-20-31(41-21)37-22(38(20)16-8-2-1-3-9-16)12-19-29(39)17-10-14-6-4-5-7-15(14)11-18(17)30(19)40/h1-13H. The normalized spacial score (nSPS) is 13.0. The minimum Gasteiger partial charge on any atom is -0.292 e. The molecule has 6 aromatic rings. The van der Waals surface area contributed by atoms with Crippen molar-refractivity contribution in [1.82, 2.24) is 9.55 Å². The summed E-state index contributed by atoms with van der Waals surface area (Å²) in [7, 11) is 0. The fraction of sp³-hybridized carbons (Fsp3) is 0. The zero-order chi connectivity index (χ0) is 28.6. The highest BCUT2D eigenvalue weighted by molar-refractivity contribution is 7.21. The van der Waals surface area contributed by atoms with Gasteiger partial charge in [-0.05, 0) is 47.2 Å². The molecule has 0 amide bonds. The lowest BCUT2D eigenvalue weighted by Crippen LogP contribution is -2.04. The number of carbonyl (C=O) groups excluding carboxylic acids is 2. The lowest BCUT2D eigenvalue weighted by molar-refractivity contribution is 0.0990. The van der Waals surface area contributed by atoms with Gasteiger partial charge < -0.3 is 0 Å². The molecule has 41 heavy (non-hydrogen) atoms. The van der Waals surface area contributed by atoms with Crippen LogP contribution in [0.25, 0.3) is 43.3 Å². The van der Waals surface area contributed by atoms with Crippen molar-refractivity contribution in [2.24, 2.45) is 0 Å². The van der Waals surface area contributed by atoms with E-state index in [9.17, 15) is 31.5 Å². The van der Waals surface area contributed by atoms with Gasteiger partial charge in [0.15, 0.2) is 34.8 Å². The van der Waals surface area contributed by atoms with Gasteiger partial charge in [0.2, 0.25) is 5.82 Å². The SMILES string of the molecule is O=C1C(=Cc2nc3sc(-c4c(F)c(F)c(F)c(F)c4F)cc3n2-c2ccccc2)C(=O)c2cc3ccccc3cc21. The molecule has 0 unspecified atom stereocenters. The topological polar surface area (TPSA) is 52.0 Å². The molecule has 200 valence electrons. The number of thiophene rings is 1. The number of nitrogens with zero attached hydrogens (tertiary/aromatic N) is 2. The molecule has 0 bridgehead atoms. The monoisotopic (exact) mass is 572 g/mol. The summed E-state index contributed by atoms with van der Waals surface area (Å²) in [6.07, 6.45) is 1.35. The van der Waals surface area contributed by atoms with E-state index in [0.717, 1.165) is 10.8 Å². The molecule has 1 aliphatic rings. The highest BCUT2D eigenvalue weighted by Crippen LogP contribution is 2.40. The van der Waals surface area contributed by atoms with Gasteiger partial charge in [0, 0.05) is 21.7 Å². The van der Waals surface area contributed by atoms with Crippen LogP contribution >= 0.6 is 11.3 Å². The summed E-state index contributed by atoms with van der Waals surface area (Å²) in [4.78, 5) is 31.2. The summed E-state index contributed by atoms with van der Waals surface area (Å²) in [5, 5.41) is 1.61. The quantitative estimate of drug-likeness (QED) is 0.0709. The molecule has 7 rings (SSSR count). The number of aromatic nitrogens is 2. The zero-order valence-corrected chi connectivity index (χ0v) is 21.3. The Hall–Kier alpha value is -4.96. The Bertz CT molecular complexity index is 2060. The second kappa shape index (κ2) is 9.03.